The molecule has 0 rings (SSSR count). The Balaban J connectivity index is 0. The minimum atomic E-state index is -2.32. The van der Waals surface area contributed by atoms with Crippen molar-refractivity contribution in [2.75, 3.05) is 39.2 Å². The van der Waals surface area contributed by atoms with Gasteiger partial charge in [-0.15, -0.1) is 11.6 Å². The van der Waals surface area contributed by atoms with E-state index in [0.29, 0.717) is 0 Å². The van der Waals surface area contributed by atoms with Crippen molar-refractivity contribution in [1.82, 2.24) is 0 Å². The Morgan fingerprint density at radius 2 is 1.55 bits per heavy atom. The van der Waals surface area contributed by atoms with E-state index in [9.17, 15) is 9.59 Å². The predicted molar refractivity (Wildman–Crippen MR) is 75.8 cm³/mol. The molecular weight excluding hydrogens is 288 g/mol. The third-order valence-corrected chi connectivity index (χ3v) is 3.13. The zero-order chi connectivity index (χ0) is 16.2. The molecule has 0 spiro atoms. The first-order chi connectivity index (χ1) is 9.26. The molecule has 0 fully saturated rings. The van der Waals surface area contributed by atoms with Crippen molar-refractivity contribution in [3.8, 4) is 0 Å². The van der Waals surface area contributed by atoms with Gasteiger partial charge < -0.3 is 23.9 Å². The summed E-state index contributed by atoms with van der Waals surface area (Å²) >= 11 is 5.13. The van der Waals surface area contributed by atoms with Gasteiger partial charge in [0.25, 0.3) is 0 Å². The van der Waals surface area contributed by atoms with Crippen molar-refractivity contribution in [2.45, 2.75) is 20.8 Å². The zero-order valence-corrected chi connectivity index (χ0v) is 13.2. The molecule has 0 aliphatic rings. The minimum absolute atomic E-state index is 0.0424. The standard InChI is InChI=1S/C7H18N.C4H6BClO6/c1-5-8(4,6-2)7-3;6-1-2-11-3(7)4(8)12-5(9)10/h5-7H2,1-4H3;9-10H,1-2H2/q+1;. The van der Waals surface area contributed by atoms with E-state index < -0.39 is 19.3 Å². The Morgan fingerprint density at radius 3 is 1.80 bits per heavy atom. The van der Waals surface area contributed by atoms with Gasteiger partial charge in [-0.1, -0.05) is 0 Å². The third kappa shape index (κ3) is 11.0. The van der Waals surface area contributed by atoms with Gasteiger partial charge in [0.05, 0.1) is 32.6 Å². The van der Waals surface area contributed by atoms with E-state index in [1.54, 1.807) is 0 Å². The quantitative estimate of drug-likeness (QED) is 0.231. The predicted octanol–water partition coefficient (Wildman–Crippen LogP) is -0.226. The molecule has 0 unspecified atom stereocenters. The highest BCUT2D eigenvalue weighted by molar-refractivity contribution is 6.43. The first kappa shape index (κ1) is 21.5. The van der Waals surface area contributed by atoms with Crippen LogP contribution in [0.2, 0.25) is 0 Å². The molecule has 0 bridgehead atoms. The maximum absolute atomic E-state index is 10.5. The van der Waals surface area contributed by atoms with Crippen LogP contribution in [0.4, 0.5) is 0 Å². The molecule has 7 nitrogen and oxygen atoms in total. The van der Waals surface area contributed by atoms with Crippen LogP contribution in [0.1, 0.15) is 20.8 Å². The van der Waals surface area contributed by atoms with Crippen LogP contribution in [0.3, 0.4) is 0 Å². The van der Waals surface area contributed by atoms with Crippen molar-refractivity contribution in [2.24, 2.45) is 0 Å². The van der Waals surface area contributed by atoms with Gasteiger partial charge in [-0.25, -0.2) is 9.59 Å². The Labute approximate surface area is 125 Å². The molecule has 118 valence electrons. The summed E-state index contributed by atoms with van der Waals surface area (Å²) in [6.07, 6.45) is 0. The second-order valence-corrected chi connectivity index (χ2v) is 4.50. The lowest BCUT2D eigenvalue weighted by Crippen LogP contribution is -2.42. The summed E-state index contributed by atoms with van der Waals surface area (Å²) in [7, 11) is -0.0268. The monoisotopic (exact) mass is 312 g/mol. The Hall–Kier alpha value is -0.825. The lowest BCUT2D eigenvalue weighted by Gasteiger charge is -2.30. The fourth-order valence-electron chi connectivity index (χ4n) is 1.00. The number of carbonyl (C=O) groups is 2. The molecule has 0 aromatic heterocycles. The molecule has 9 heteroatoms. The molecule has 0 aromatic carbocycles. The summed E-state index contributed by atoms with van der Waals surface area (Å²) in [4.78, 5) is 20.9. The molecule has 0 aromatic rings. The third-order valence-electron chi connectivity index (χ3n) is 2.98. The maximum atomic E-state index is 10.5. The number of esters is 1. The highest BCUT2D eigenvalue weighted by atomic mass is 35.5. The minimum Gasteiger partial charge on any atom is -0.476 e. The number of ether oxygens (including phenoxy) is 1. The number of quaternary nitrogens is 1. The number of nitrogens with zero attached hydrogens (tertiary/aromatic N) is 1. The van der Waals surface area contributed by atoms with Gasteiger partial charge in [-0.05, 0) is 20.8 Å². The van der Waals surface area contributed by atoms with E-state index in [0.717, 1.165) is 0 Å². The van der Waals surface area contributed by atoms with Crippen LogP contribution in [0.5, 0.6) is 0 Å². The van der Waals surface area contributed by atoms with Crippen LogP contribution in [-0.4, -0.2) is 73.0 Å². The average molecular weight is 313 g/mol. The first-order valence-corrected chi connectivity index (χ1v) is 6.93. The molecule has 0 aliphatic heterocycles. The largest absolute Gasteiger partial charge is 0.709 e. The van der Waals surface area contributed by atoms with E-state index in [1.807, 2.05) is 0 Å². The lowest BCUT2D eigenvalue weighted by atomic mass is 10.3. The van der Waals surface area contributed by atoms with Gasteiger partial charge in [-0.2, -0.15) is 0 Å². The second kappa shape index (κ2) is 12.0. The molecule has 0 atom stereocenters. The second-order valence-electron chi connectivity index (χ2n) is 4.12. The van der Waals surface area contributed by atoms with Crippen LogP contribution in [0.25, 0.3) is 0 Å². The van der Waals surface area contributed by atoms with Gasteiger partial charge in [-0.3, -0.25) is 0 Å². The Kier molecular flexibility index (Phi) is 12.8. The number of halogens is 1. The smallest absolute Gasteiger partial charge is 0.476 e. The van der Waals surface area contributed by atoms with Crippen LogP contribution in [0, 0.1) is 0 Å². The number of carbonyl (C=O) groups excluding carboxylic acids is 2. The Bertz CT molecular complexity index is 278. The highest BCUT2D eigenvalue weighted by Gasteiger charge is 2.23. The van der Waals surface area contributed by atoms with Crippen molar-refractivity contribution in [1.29, 1.82) is 0 Å². The highest BCUT2D eigenvalue weighted by Crippen LogP contribution is 1.97. The molecule has 0 saturated heterocycles. The molecule has 0 heterocycles. The van der Waals surface area contributed by atoms with Crippen LogP contribution in [-0.2, 0) is 19.0 Å². The normalized spacial score (nSPS) is 10.2. The van der Waals surface area contributed by atoms with Gasteiger partial charge in [0.15, 0.2) is 0 Å². The topological polar surface area (TPSA) is 93.1 Å². The molecule has 0 saturated carbocycles. The Morgan fingerprint density at radius 1 is 1.10 bits per heavy atom. The van der Waals surface area contributed by atoms with E-state index in [-0.39, 0.29) is 12.5 Å². The van der Waals surface area contributed by atoms with Crippen molar-refractivity contribution in [3.63, 3.8) is 0 Å². The molecule has 0 aliphatic carbocycles. The fraction of sp³-hybridized carbons (Fsp3) is 0.818. The van der Waals surface area contributed by atoms with E-state index >= 15 is 0 Å². The van der Waals surface area contributed by atoms with Crippen LogP contribution < -0.4 is 0 Å². The molecule has 2 N–H and O–H groups in total. The maximum Gasteiger partial charge on any atom is 0.709 e. The number of alkyl halides is 1. The van der Waals surface area contributed by atoms with Crippen molar-refractivity contribution >= 4 is 30.9 Å². The van der Waals surface area contributed by atoms with Crippen molar-refractivity contribution < 1.29 is 33.5 Å². The zero-order valence-electron chi connectivity index (χ0n) is 12.5. The molecule has 0 radical (unpaired) electrons. The van der Waals surface area contributed by atoms with Crippen molar-refractivity contribution in [3.05, 3.63) is 0 Å². The van der Waals surface area contributed by atoms with E-state index in [4.69, 9.17) is 21.6 Å². The summed E-state index contributed by atoms with van der Waals surface area (Å²) in [5.41, 5.74) is 0. The van der Waals surface area contributed by atoms with Gasteiger partial charge in [0.2, 0.25) is 0 Å². The SMILES string of the molecule is CC[N+](C)(CC)CC.O=C(OCCCl)C(=O)OB(O)O. The summed E-state index contributed by atoms with van der Waals surface area (Å²) in [6, 6.07) is 0. The molecule has 20 heavy (non-hydrogen) atoms. The lowest BCUT2D eigenvalue weighted by molar-refractivity contribution is -0.904. The van der Waals surface area contributed by atoms with Gasteiger partial charge >= 0.3 is 19.3 Å². The molecular formula is C11H24BClNO6+. The summed E-state index contributed by atoms with van der Waals surface area (Å²) in [5.74, 6) is -2.75. The molecule has 0 amide bonds. The van der Waals surface area contributed by atoms with E-state index in [1.165, 1.54) is 24.1 Å². The average Bonchev–Trinajstić information content (AvgIpc) is 2.43. The fourth-order valence-corrected chi connectivity index (χ4v) is 1.08. The summed E-state index contributed by atoms with van der Waals surface area (Å²) in [6.45, 7) is 10.4. The summed E-state index contributed by atoms with van der Waals surface area (Å²) < 4.78 is 9.06. The van der Waals surface area contributed by atoms with E-state index in [2.05, 4.69) is 37.2 Å². The number of rotatable bonds is 6. The summed E-state index contributed by atoms with van der Waals surface area (Å²) in [5, 5.41) is 16.2. The first-order valence-electron chi connectivity index (χ1n) is 6.39. The van der Waals surface area contributed by atoms with Crippen LogP contribution in [0.15, 0.2) is 0 Å². The van der Waals surface area contributed by atoms with Crippen LogP contribution >= 0.6 is 11.6 Å². The number of hydrogen-bond acceptors (Lipinski definition) is 6. The van der Waals surface area contributed by atoms with Gasteiger partial charge in [0.1, 0.15) is 6.61 Å². The van der Waals surface area contributed by atoms with Gasteiger partial charge in [0, 0.05) is 0 Å². The number of hydrogen-bond donors (Lipinski definition) is 2.